The van der Waals surface area contributed by atoms with Gasteiger partial charge in [-0.15, -0.1) is 13.2 Å². The van der Waals surface area contributed by atoms with Crippen molar-refractivity contribution in [2.24, 2.45) is 16.5 Å². The van der Waals surface area contributed by atoms with Gasteiger partial charge in [-0.2, -0.15) is 0 Å². The molecule has 88 valence electrons. The SMILES string of the molecule is NC(N)=Nc1ccc(OC(F)(F)F)c(Cl)c1. The molecule has 1 aromatic carbocycles. The fraction of sp³-hybridized carbons (Fsp3) is 0.125. The maximum atomic E-state index is 11.9. The highest BCUT2D eigenvalue weighted by Gasteiger charge is 2.31. The van der Waals surface area contributed by atoms with Crippen LogP contribution in [0.1, 0.15) is 0 Å². The monoisotopic (exact) mass is 253 g/mol. The van der Waals surface area contributed by atoms with Gasteiger partial charge in [0.2, 0.25) is 0 Å². The van der Waals surface area contributed by atoms with Crippen LogP contribution in [0.5, 0.6) is 5.75 Å². The molecule has 8 heteroatoms. The topological polar surface area (TPSA) is 73.6 Å². The van der Waals surface area contributed by atoms with Crippen molar-refractivity contribution in [1.82, 2.24) is 0 Å². The highest BCUT2D eigenvalue weighted by molar-refractivity contribution is 6.32. The fourth-order valence-corrected chi connectivity index (χ4v) is 1.13. The minimum Gasteiger partial charge on any atom is -0.404 e. The van der Waals surface area contributed by atoms with Gasteiger partial charge in [0, 0.05) is 0 Å². The number of hydrogen-bond donors (Lipinski definition) is 2. The molecule has 0 aliphatic rings. The Kier molecular flexibility index (Phi) is 3.48. The molecule has 0 radical (unpaired) electrons. The molecule has 0 spiro atoms. The Morgan fingerprint density at radius 3 is 2.38 bits per heavy atom. The first-order valence-electron chi connectivity index (χ1n) is 3.93. The first kappa shape index (κ1) is 12.4. The van der Waals surface area contributed by atoms with E-state index in [1.54, 1.807) is 0 Å². The van der Waals surface area contributed by atoms with Crippen LogP contribution in [0.15, 0.2) is 23.2 Å². The van der Waals surface area contributed by atoms with E-state index >= 15 is 0 Å². The Morgan fingerprint density at radius 1 is 1.31 bits per heavy atom. The summed E-state index contributed by atoms with van der Waals surface area (Å²) in [5.41, 5.74) is 10.4. The predicted octanol–water partition coefficient (Wildman–Crippen LogP) is 2.14. The largest absolute Gasteiger partial charge is 0.573 e. The quantitative estimate of drug-likeness (QED) is 0.626. The van der Waals surface area contributed by atoms with Gasteiger partial charge in [0.1, 0.15) is 5.75 Å². The second-order valence-electron chi connectivity index (χ2n) is 2.70. The van der Waals surface area contributed by atoms with Crippen LogP contribution in [0, 0.1) is 0 Å². The molecule has 16 heavy (non-hydrogen) atoms. The molecule has 0 amide bonds. The third-order valence-corrected chi connectivity index (χ3v) is 1.69. The van der Waals surface area contributed by atoms with E-state index in [9.17, 15) is 13.2 Å². The lowest BCUT2D eigenvalue weighted by molar-refractivity contribution is -0.274. The predicted molar refractivity (Wildman–Crippen MR) is 53.6 cm³/mol. The van der Waals surface area contributed by atoms with E-state index in [-0.39, 0.29) is 16.7 Å². The molecule has 0 saturated heterocycles. The van der Waals surface area contributed by atoms with Gasteiger partial charge in [0.15, 0.2) is 5.96 Å². The number of hydrogen-bond acceptors (Lipinski definition) is 2. The first-order chi connectivity index (χ1) is 7.28. The average molecular weight is 254 g/mol. The van der Waals surface area contributed by atoms with Crippen molar-refractivity contribution >= 4 is 23.2 Å². The lowest BCUT2D eigenvalue weighted by Gasteiger charge is -2.10. The molecule has 4 nitrogen and oxygen atoms in total. The normalized spacial score (nSPS) is 11.0. The maximum absolute atomic E-state index is 11.9. The van der Waals surface area contributed by atoms with Crippen molar-refractivity contribution in [3.63, 3.8) is 0 Å². The number of nitrogens with zero attached hydrogens (tertiary/aromatic N) is 1. The van der Waals surface area contributed by atoms with Crippen molar-refractivity contribution < 1.29 is 17.9 Å². The van der Waals surface area contributed by atoms with E-state index in [4.69, 9.17) is 23.1 Å². The molecule has 0 atom stereocenters. The molecule has 0 heterocycles. The standard InChI is InChI=1S/C8H7ClF3N3O/c9-5-3-4(15-7(13)14)1-2-6(5)16-8(10,11)12/h1-3H,(H4,13,14,15). The zero-order valence-corrected chi connectivity index (χ0v) is 8.51. The Hall–Kier alpha value is -1.63. The van der Waals surface area contributed by atoms with E-state index in [0.29, 0.717) is 0 Å². The number of ether oxygens (including phenoxy) is 1. The van der Waals surface area contributed by atoms with E-state index in [1.165, 1.54) is 6.07 Å². The number of nitrogens with two attached hydrogens (primary N) is 2. The van der Waals surface area contributed by atoms with Crippen LogP contribution in [-0.2, 0) is 0 Å². The van der Waals surface area contributed by atoms with Crippen LogP contribution in [0.2, 0.25) is 5.02 Å². The van der Waals surface area contributed by atoms with E-state index in [1.807, 2.05) is 0 Å². The molecular weight excluding hydrogens is 247 g/mol. The van der Waals surface area contributed by atoms with Crippen LogP contribution in [0.3, 0.4) is 0 Å². The Morgan fingerprint density at radius 2 is 1.94 bits per heavy atom. The van der Waals surface area contributed by atoms with Crippen molar-refractivity contribution in [2.45, 2.75) is 6.36 Å². The molecule has 4 N–H and O–H groups in total. The third-order valence-electron chi connectivity index (χ3n) is 1.40. The van der Waals surface area contributed by atoms with Crippen molar-refractivity contribution in [1.29, 1.82) is 0 Å². The minimum absolute atomic E-state index is 0.222. The summed E-state index contributed by atoms with van der Waals surface area (Å²) in [6.45, 7) is 0. The molecule has 0 bridgehead atoms. The minimum atomic E-state index is -4.79. The summed E-state index contributed by atoms with van der Waals surface area (Å²) >= 11 is 5.54. The van der Waals surface area contributed by atoms with Crippen LogP contribution in [-0.4, -0.2) is 12.3 Å². The first-order valence-corrected chi connectivity index (χ1v) is 4.30. The second-order valence-corrected chi connectivity index (χ2v) is 3.11. The van der Waals surface area contributed by atoms with Crippen LogP contribution >= 0.6 is 11.6 Å². The van der Waals surface area contributed by atoms with Gasteiger partial charge in [-0.05, 0) is 18.2 Å². The molecular formula is C8H7ClF3N3O. The number of aliphatic imine (C=N–C) groups is 1. The van der Waals surface area contributed by atoms with Gasteiger partial charge in [-0.3, -0.25) is 0 Å². The summed E-state index contributed by atoms with van der Waals surface area (Å²) in [5.74, 6) is -0.732. The second kappa shape index (κ2) is 4.48. The zero-order chi connectivity index (χ0) is 12.3. The number of alkyl halides is 3. The Bertz CT molecular complexity index is 415. The van der Waals surface area contributed by atoms with Crippen LogP contribution in [0.25, 0.3) is 0 Å². The zero-order valence-electron chi connectivity index (χ0n) is 7.75. The lowest BCUT2D eigenvalue weighted by Crippen LogP contribution is -2.21. The summed E-state index contributed by atoms with van der Waals surface area (Å²) in [6.07, 6.45) is -4.79. The van der Waals surface area contributed by atoms with E-state index < -0.39 is 12.1 Å². The number of rotatable bonds is 2. The van der Waals surface area contributed by atoms with Crippen LogP contribution < -0.4 is 16.2 Å². The molecule has 0 saturated carbocycles. The van der Waals surface area contributed by atoms with Crippen molar-refractivity contribution in [3.05, 3.63) is 23.2 Å². The molecule has 0 fully saturated rings. The van der Waals surface area contributed by atoms with Gasteiger partial charge in [-0.25, -0.2) is 4.99 Å². The molecule has 0 aliphatic carbocycles. The van der Waals surface area contributed by atoms with Crippen molar-refractivity contribution in [2.75, 3.05) is 0 Å². The van der Waals surface area contributed by atoms with Crippen LogP contribution in [0.4, 0.5) is 18.9 Å². The highest BCUT2D eigenvalue weighted by atomic mass is 35.5. The summed E-state index contributed by atoms with van der Waals surface area (Å²) < 4.78 is 39.3. The van der Waals surface area contributed by atoms with Gasteiger partial charge in [0.25, 0.3) is 0 Å². The molecule has 1 rings (SSSR count). The molecule has 0 aliphatic heterocycles. The van der Waals surface area contributed by atoms with Crippen molar-refractivity contribution in [3.8, 4) is 5.75 Å². The summed E-state index contributed by atoms with van der Waals surface area (Å²) in [4.78, 5) is 3.61. The lowest BCUT2D eigenvalue weighted by atomic mass is 10.3. The van der Waals surface area contributed by atoms with E-state index in [2.05, 4.69) is 9.73 Å². The molecule has 0 unspecified atom stereocenters. The van der Waals surface area contributed by atoms with Gasteiger partial charge in [-0.1, -0.05) is 11.6 Å². The van der Waals surface area contributed by atoms with Gasteiger partial charge >= 0.3 is 6.36 Å². The summed E-state index contributed by atoms with van der Waals surface area (Å²) in [7, 11) is 0. The van der Waals surface area contributed by atoms with Gasteiger partial charge < -0.3 is 16.2 Å². The maximum Gasteiger partial charge on any atom is 0.573 e. The molecule has 0 aromatic heterocycles. The third kappa shape index (κ3) is 3.85. The van der Waals surface area contributed by atoms with E-state index in [0.717, 1.165) is 12.1 Å². The van der Waals surface area contributed by atoms with Gasteiger partial charge in [0.05, 0.1) is 10.7 Å². The smallest absolute Gasteiger partial charge is 0.404 e. The summed E-state index contributed by atoms with van der Waals surface area (Å²) in [6, 6.07) is 3.42. The Balaban J connectivity index is 2.96. The number of halogens is 4. The molecule has 1 aromatic rings. The number of guanidine groups is 1. The Labute approximate surface area is 93.6 Å². The highest BCUT2D eigenvalue weighted by Crippen LogP contribution is 2.32. The average Bonchev–Trinajstić information content (AvgIpc) is 2.06. The summed E-state index contributed by atoms with van der Waals surface area (Å²) in [5, 5.41) is -0.236. The fourth-order valence-electron chi connectivity index (χ4n) is 0.916. The number of benzene rings is 1.